The van der Waals surface area contributed by atoms with E-state index in [0.29, 0.717) is 29.2 Å². The minimum Gasteiger partial charge on any atom is -0.467 e. The maximum absolute atomic E-state index is 13.3. The van der Waals surface area contributed by atoms with Gasteiger partial charge in [-0.25, -0.2) is 4.79 Å². The zero-order valence-electron chi connectivity index (χ0n) is 13.8. The van der Waals surface area contributed by atoms with Gasteiger partial charge in [0.1, 0.15) is 5.75 Å². The molecule has 0 spiro atoms. The van der Waals surface area contributed by atoms with Gasteiger partial charge in [0.15, 0.2) is 0 Å². The van der Waals surface area contributed by atoms with Gasteiger partial charge in [-0.15, -0.1) is 0 Å². The fourth-order valence-electron chi connectivity index (χ4n) is 3.85. The van der Waals surface area contributed by atoms with E-state index < -0.39 is 11.6 Å². The summed E-state index contributed by atoms with van der Waals surface area (Å²) in [6.45, 7) is 1.92. The van der Waals surface area contributed by atoms with Crippen molar-refractivity contribution in [1.82, 2.24) is 0 Å². The van der Waals surface area contributed by atoms with Crippen LogP contribution in [0.5, 0.6) is 5.75 Å². The third-order valence-corrected chi connectivity index (χ3v) is 5.21. The lowest BCUT2D eigenvalue weighted by Gasteiger charge is -2.44. The van der Waals surface area contributed by atoms with E-state index in [9.17, 15) is 9.59 Å². The molecule has 4 rings (SSSR count). The predicted octanol–water partition coefficient (Wildman–Crippen LogP) is 3.63. The van der Waals surface area contributed by atoms with E-state index in [1.807, 2.05) is 18.2 Å². The summed E-state index contributed by atoms with van der Waals surface area (Å²) < 4.78 is 11.3. The summed E-state index contributed by atoms with van der Waals surface area (Å²) in [7, 11) is 0. The van der Waals surface area contributed by atoms with Crippen LogP contribution in [-0.4, -0.2) is 24.0 Å². The van der Waals surface area contributed by atoms with Gasteiger partial charge in [-0.2, -0.15) is 0 Å². The van der Waals surface area contributed by atoms with Gasteiger partial charge >= 0.3 is 5.97 Å². The number of Topliss-reactive ketones (excluding diaryl/α,β-unsaturated/α-hetero) is 1. The van der Waals surface area contributed by atoms with Crippen LogP contribution in [0.25, 0.3) is 0 Å². The van der Waals surface area contributed by atoms with Crippen molar-refractivity contribution in [2.24, 2.45) is 5.92 Å². The number of carbonyl (C=O) groups is 2. The van der Waals surface area contributed by atoms with E-state index in [2.05, 4.69) is 0 Å². The standard InChI is InChI=1S/C20H17ClO4/c1-2-24-19(23)20-14(9-12-5-3-4-6-16(12)18(20)22)10-13-11-15(21)7-8-17(13)25-20/h3-8,11,14H,2,9-10H2,1H3/t14-,20-/m0/s1. The average molecular weight is 357 g/mol. The van der Waals surface area contributed by atoms with E-state index in [1.165, 1.54) is 0 Å². The van der Waals surface area contributed by atoms with Gasteiger partial charge in [0.2, 0.25) is 5.78 Å². The first-order chi connectivity index (χ1) is 12.1. The second kappa shape index (κ2) is 5.88. The summed E-state index contributed by atoms with van der Waals surface area (Å²) in [5.74, 6) is -0.736. The number of benzene rings is 2. The SMILES string of the molecule is CCOC(=O)[C@]12Oc3ccc(Cl)cc3C[C@@H]1Cc1ccccc1C2=O. The Morgan fingerprint density at radius 3 is 2.80 bits per heavy atom. The number of ketones is 1. The van der Waals surface area contributed by atoms with Crippen LogP contribution < -0.4 is 4.74 Å². The highest BCUT2D eigenvalue weighted by molar-refractivity contribution is 6.30. The van der Waals surface area contributed by atoms with Gasteiger partial charge in [-0.05, 0) is 49.1 Å². The summed E-state index contributed by atoms with van der Waals surface area (Å²) in [6.07, 6.45) is 1.11. The van der Waals surface area contributed by atoms with Gasteiger partial charge < -0.3 is 9.47 Å². The van der Waals surface area contributed by atoms with Gasteiger partial charge in [-0.1, -0.05) is 35.9 Å². The number of esters is 1. The summed E-state index contributed by atoms with van der Waals surface area (Å²) in [4.78, 5) is 26.2. The van der Waals surface area contributed by atoms with Crippen molar-refractivity contribution in [3.8, 4) is 5.75 Å². The molecule has 1 aliphatic carbocycles. The number of fused-ring (bicyclic) bond motifs is 3. The molecule has 2 aromatic rings. The molecule has 5 heteroatoms. The van der Waals surface area contributed by atoms with Crippen LogP contribution >= 0.6 is 11.6 Å². The molecule has 0 radical (unpaired) electrons. The van der Waals surface area contributed by atoms with Gasteiger partial charge in [-0.3, -0.25) is 4.79 Å². The van der Waals surface area contributed by atoms with E-state index >= 15 is 0 Å². The summed E-state index contributed by atoms with van der Waals surface area (Å²) in [5.41, 5.74) is 0.755. The van der Waals surface area contributed by atoms with Crippen molar-refractivity contribution < 1.29 is 19.1 Å². The third kappa shape index (κ3) is 2.35. The van der Waals surface area contributed by atoms with Crippen molar-refractivity contribution in [1.29, 1.82) is 0 Å². The Labute approximate surface area is 150 Å². The van der Waals surface area contributed by atoms with Crippen LogP contribution in [0.1, 0.15) is 28.4 Å². The second-order valence-corrected chi connectivity index (χ2v) is 6.84. The third-order valence-electron chi connectivity index (χ3n) is 4.98. The summed E-state index contributed by atoms with van der Waals surface area (Å²) in [6, 6.07) is 12.6. The highest BCUT2D eigenvalue weighted by Gasteiger charge is 2.60. The van der Waals surface area contributed by atoms with E-state index in [1.54, 1.807) is 31.2 Å². The molecular formula is C20H17ClO4. The van der Waals surface area contributed by atoms with Crippen molar-refractivity contribution >= 4 is 23.4 Å². The van der Waals surface area contributed by atoms with Crippen LogP contribution in [0.2, 0.25) is 5.02 Å². The zero-order valence-corrected chi connectivity index (χ0v) is 14.5. The van der Waals surface area contributed by atoms with Crippen molar-refractivity contribution in [2.45, 2.75) is 25.4 Å². The molecule has 0 N–H and O–H groups in total. The molecule has 0 unspecified atom stereocenters. The maximum Gasteiger partial charge on any atom is 0.359 e. The average Bonchev–Trinajstić information content (AvgIpc) is 2.61. The van der Waals surface area contributed by atoms with E-state index in [-0.39, 0.29) is 18.3 Å². The molecule has 1 aliphatic heterocycles. The number of hydrogen-bond acceptors (Lipinski definition) is 4. The Morgan fingerprint density at radius 2 is 2.00 bits per heavy atom. The Morgan fingerprint density at radius 1 is 1.24 bits per heavy atom. The molecule has 0 bridgehead atoms. The smallest absolute Gasteiger partial charge is 0.359 e. The highest BCUT2D eigenvalue weighted by Crippen LogP contribution is 2.45. The number of rotatable bonds is 2. The van der Waals surface area contributed by atoms with Gasteiger partial charge in [0.25, 0.3) is 5.60 Å². The zero-order chi connectivity index (χ0) is 17.6. The molecule has 0 aromatic heterocycles. The van der Waals surface area contributed by atoms with Crippen molar-refractivity contribution in [2.75, 3.05) is 6.61 Å². The Balaban J connectivity index is 1.88. The molecule has 0 saturated heterocycles. The molecule has 2 aromatic carbocycles. The molecule has 128 valence electrons. The van der Waals surface area contributed by atoms with Crippen LogP contribution in [0.3, 0.4) is 0 Å². The Hall–Kier alpha value is -2.33. The molecule has 0 amide bonds. The normalized spacial score (nSPS) is 23.8. The monoisotopic (exact) mass is 356 g/mol. The van der Waals surface area contributed by atoms with Crippen LogP contribution in [0.15, 0.2) is 42.5 Å². The molecule has 1 heterocycles. The van der Waals surface area contributed by atoms with Crippen LogP contribution in [0.4, 0.5) is 0 Å². The van der Waals surface area contributed by atoms with Crippen LogP contribution in [-0.2, 0) is 22.4 Å². The Kier molecular flexibility index (Phi) is 3.80. The molecule has 4 nitrogen and oxygen atoms in total. The number of halogens is 1. The fourth-order valence-corrected chi connectivity index (χ4v) is 4.04. The lowest BCUT2D eigenvalue weighted by molar-refractivity contribution is -0.163. The molecule has 25 heavy (non-hydrogen) atoms. The summed E-state index contributed by atoms with van der Waals surface area (Å²) >= 11 is 6.09. The number of carbonyl (C=O) groups excluding carboxylic acids is 2. The molecule has 0 fully saturated rings. The number of hydrogen-bond donors (Lipinski definition) is 0. The van der Waals surface area contributed by atoms with E-state index in [0.717, 1.165) is 11.1 Å². The quantitative estimate of drug-likeness (QED) is 0.609. The topological polar surface area (TPSA) is 52.6 Å². The molecular weight excluding hydrogens is 340 g/mol. The van der Waals surface area contributed by atoms with Gasteiger partial charge in [0.05, 0.1) is 6.61 Å². The maximum atomic E-state index is 13.3. The Bertz CT molecular complexity index is 876. The molecule has 0 saturated carbocycles. The van der Waals surface area contributed by atoms with Gasteiger partial charge in [0, 0.05) is 16.5 Å². The first-order valence-corrected chi connectivity index (χ1v) is 8.71. The van der Waals surface area contributed by atoms with Crippen molar-refractivity contribution in [3.63, 3.8) is 0 Å². The molecule has 2 aliphatic rings. The van der Waals surface area contributed by atoms with Crippen LogP contribution in [0, 0.1) is 5.92 Å². The summed E-state index contributed by atoms with van der Waals surface area (Å²) in [5, 5.41) is 0.605. The predicted molar refractivity (Wildman–Crippen MR) is 93.1 cm³/mol. The van der Waals surface area contributed by atoms with E-state index in [4.69, 9.17) is 21.1 Å². The van der Waals surface area contributed by atoms with Crippen molar-refractivity contribution in [3.05, 3.63) is 64.2 Å². The molecule has 2 atom stereocenters. The fraction of sp³-hybridized carbons (Fsp3) is 0.300. The minimum atomic E-state index is -1.62. The highest BCUT2D eigenvalue weighted by atomic mass is 35.5. The first kappa shape index (κ1) is 16.2. The number of ether oxygens (including phenoxy) is 2. The lowest BCUT2D eigenvalue weighted by Crippen LogP contribution is -2.62. The minimum absolute atomic E-state index is 0.194. The largest absolute Gasteiger partial charge is 0.467 e. The lowest BCUT2D eigenvalue weighted by atomic mass is 9.67. The second-order valence-electron chi connectivity index (χ2n) is 6.40. The first-order valence-electron chi connectivity index (χ1n) is 8.33.